The molecule has 3 aromatic rings. The quantitative estimate of drug-likeness (QED) is 0.215. The van der Waals surface area contributed by atoms with Crippen LogP contribution in [0.25, 0.3) is 10.9 Å². The van der Waals surface area contributed by atoms with Gasteiger partial charge in [-0.05, 0) is 48.6 Å². The van der Waals surface area contributed by atoms with Crippen LogP contribution in [0.5, 0.6) is 0 Å². The number of aliphatic carboxylic acids is 1. The number of carbonyl (C=O) groups excluding carboxylic acids is 4. The van der Waals surface area contributed by atoms with Crippen molar-refractivity contribution in [3.05, 3.63) is 65.4 Å². The van der Waals surface area contributed by atoms with Crippen LogP contribution in [0.1, 0.15) is 43.5 Å². The van der Waals surface area contributed by atoms with E-state index in [4.69, 9.17) is 10.8 Å². The van der Waals surface area contributed by atoms with E-state index < -0.39 is 54.3 Å². The van der Waals surface area contributed by atoms with Crippen molar-refractivity contribution in [1.82, 2.24) is 20.5 Å². The molecular formula is C30H36N6O6. The monoisotopic (exact) mass is 576 g/mol. The summed E-state index contributed by atoms with van der Waals surface area (Å²) in [6.07, 6.45) is -0.287. The van der Waals surface area contributed by atoms with E-state index in [2.05, 4.69) is 20.9 Å². The summed E-state index contributed by atoms with van der Waals surface area (Å²) in [4.78, 5) is 68.4. The van der Waals surface area contributed by atoms with E-state index in [1.54, 1.807) is 6.07 Å². The SMILES string of the molecule is Cc1cccc(NC(=O)N2Cc3[nH]c4ccccc4c3C[C@@H]2C(=O)N[C@@H](CC(C)C)C(=O)N[C@@H](CC(=O)O)C(N)=O)c1. The first-order valence-corrected chi connectivity index (χ1v) is 13.8. The van der Waals surface area contributed by atoms with Gasteiger partial charge in [-0.15, -0.1) is 0 Å². The van der Waals surface area contributed by atoms with Gasteiger partial charge in [-0.25, -0.2) is 4.79 Å². The number of carboxylic acid groups (broad SMARTS) is 1. The number of fused-ring (bicyclic) bond motifs is 3. The maximum atomic E-state index is 13.9. The molecule has 0 unspecified atom stereocenters. The summed E-state index contributed by atoms with van der Waals surface area (Å²) >= 11 is 0. The minimum atomic E-state index is -1.44. The molecule has 7 N–H and O–H groups in total. The average molecular weight is 577 g/mol. The molecule has 0 bridgehead atoms. The number of hydrogen-bond donors (Lipinski definition) is 6. The predicted molar refractivity (Wildman–Crippen MR) is 156 cm³/mol. The van der Waals surface area contributed by atoms with Crippen molar-refractivity contribution in [2.45, 2.75) is 64.7 Å². The lowest BCUT2D eigenvalue weighted by Gasteiger charge is -2.35. The maximum Gasteiger partial charge on any atom is 0.322 e. The summed E-state index contributed by atoms with van der Waals surface area (Å²) in [6.45, 7) is 5.75. The Balaban J connectivity index is 1.62. The third kappa shape index (κ3) is 7.06. The van der Waals surface area contributed by atoms with Gasteiger partial charge >= 0.3 is 12.0 Å². The van der Waals surface area contributed by atoms with Gasteiger partial charge < -0.3 is 36.7 Å². The fourth-order valence-electron chi connectivity index (χ4n) is 5.21. The molecule has 42 heavy (non-hydrogen) atoms. The molecule has 4 rings (SSSR count). The van der Waals surface area contributed by atoms with E-state index in [0.717, 1.165) is 27.7 Å². The number of anilines is 1. The number of primary amides is 1. The van der Waals surface area contributed by atoms with Crippen molar-refractivity contribution in [3.8, 4) is 0 Å². The van der Waals surface area contributed by atoms with Crippen molar-refractivity contribution in [2.75, 3.05) is 5.32 Å². The number of nitrogens with zero attached hydrogens (tertiary/aromatic N) is 1. The minimum Gasteiger partial charge on any atom is -0.481 e. The molecule has 0 saturated carbocycles. The van der Waals surface area contributed by atoms with E-state index >= 15 is 0 Å². The molecule has 0 radical (unpaired) electrons. The van der Waals surface area contributed by atoms with Gasteiger partial charge in [0.05, 0.1) is 13.0 Å². The Morgan fingerprint density at radius 3 is 2.45 bits per heavy atom. The second-order valence-corrected chi connectivity index (χ2v) is 11.0. The Hall–Kier alpha value is -4.87. The van der Waals surface area contributed by atoms with Gasteiger partial charge in [-0.1, -0.05) is 44.2 Å². The second kappa shape index (κ2) is 12.8. The lowest BCUT2D eigenvalue weighted by molar-refractivity contribution is -0.140. The number of aryl methyl sites for hydroxylation is 1. The van der Waals surface area contributed by atoms with Crippen LogP contribution in [-0.2, 0) is 32.1 Å². The Morgan fingerprint density at radius 2 is 1.79 bits per heavy atom. The Kier molecular flexibility index (Phi) is 9.14. The molecule has 2 heterocycles. The Labute approximate surface area is 243 Å². The molecule has 0 spiro atoms. The molecule has 0 fully saturated rings. The number of benzene rings is 2. The van der Waals surface area contributed by atoms with Gasteiger partial charge in [-0.2, -0.15) is 0 Å². The zero-order chi connectivity index (χ0) is 30.6. The van der Waals surface area contributed by atoms with Gasteiger partial charge in [0.15, 0.2) is 0 Å². The van der Waals surface area contributed by atoms with Gasteiger partial charge in [0, 0.05) is 28.7 Å². The van der Waals surface area contributed by atoms with Crippen LogP contribution in [0, 0.1) is 12.8 Å². The number of carboxylic acids is 1. The summed E-state index contributed by atoms with van der Waals surface area (Å²) < 4.78 is 0. The number of amides is 5. The van der Waals surface area contributed by atoms with Gasteiger partial charge in [0.2, 0.25) is 17.7 Å². The van der Waals surface area contributed by atoms with Crippen LogP contribution >= 0.6 is 0 Å². The maximum absolute atomic E-state index is 13.9. The summed E-state index contributed by atoms with van der Waals surface area (Å²) in [5, 5.41) is 18.1. The lowest BCUT2D eigenvalue weighted by atomic mass is 9.95. The Bertz CT molecular complexity index is 1510. The largest absolute Gasteiger partial charge is 0.481 e. The molecule has 1 aliphatic heterocycles. The highest BCUT2D eigenvalue weighted by molar-refractivity contribution is 5.98. The third-order valence-electron chi connectivity index (χ3n) is 7.22. The summed E-state index contributed by atoms with van der Waals surface area (Å²) in [5.41, 5.74) is 9.44. The molecule has 0 aliphatic carbocycles. The molecule has 3 atom stereocenters. The zero-order valence-electron chi connectivity index (χ0n) is 23.8. The van der Waals surface area contributed by atoms with E-state index in [0.29, 0.717) is 5.69 Å². The van der Waals surface area contributed by atoms with Crippen molar-refractivity contribution >= 4 is 46.3 Å². The number of hydrogen-bond acceptors (Lipinski definition) is 5. The van der Waals surface area contributed by atoms with Gasteiger partial charge in [0.1, 0.15) is 18.1 Å². The van der Waals surface area contributed by atoms with E-state index in [1.165, 1.54) is 4.90 Å². The van der Waals surface area contributed by atoms with Crippen LogP contribution in [0.3, 0.4) is 0 Å². The third-order valence-corrected chi connectivity index (χ3v) is 7.22. The standard InChI is InChI=1S/C30H36N6O6/c1-16(2)11-23(28(40)34-22(27(31)39)14-26(37)38)35-29(41)25-13-20-19-9-4-5-10-21(19)33-24(20)15-36(25)30(42)32-18-8-6-7-17(3)12-18/h4-10,12,16,22-23,25,33H,11,13-15H2,1-3H3,(H2,31,39)(H,32,42)(H,34,40)(H,35,41)(H,37,38)/t22-,23-,25+/m0/s1. The summed E-state index contributed by atoms with van der Waals surface area (Å²) in [5.74, 6) is -3.64. The normalized spacial score (nSPS) is 15.9. The van der Waals surface area contributed by atoms with Crippen LogP contribution in [-0.4, -0.2) is 62.8 Å². The minimum absolute atomic E-state index is 0.0418. The molecular weight excluding hydrogens is 540 g/mol. The number of nitrogens with one attached hydrogen (secondary N) is 4. The topological polar surface area (TPSA) is 187 Å². The smallest absolute Gasteiger partial charge is 0.322 e. The van der Waals surface area contributed by atoms with Crippen LogP contribution in [0.4, 0.5) is 10.5 Å². The first kappa shape index (κ1) is 30.1. The highest BCUT2D eigenvalue weighted by Gasteiger charge is 2.38. The highest BCUT2D eigenvalue weighted by Crippen LogP contribution is 2.31. The predicted octanol–water partition coefficient (Wildman–Crippen LogP) is 2.41. The van der Waals surface area contributed by atoms with E-state index in [1.807, 2.05) is 63.2 Å². The van der Waals surface area contributed by atoms with E-state index in [-0.39, 0.29) is 25.3 Å². The average Bonchev–Trinajstić information content (AvgIpc) is 3.28. The van der Waals surface area contributed by atoms with Crippen molar-refractivity contribution in [1.29, 1.82) is 0 Å². The van der Waals surface area contributed by atoms with Crippen LogP contribution in [0.2, 0.25) is 0 Å². The zero-order valence-corrected chi connectivity index (χ0v) is 23.8. The number of urea groups is 1. The second-order valence-electron chi connectivity index (χ2n) is 11.0. The van der Waals surface area contributed by atoms with Crippen LogP contribution < -0.4 is 21.7 Å². The molecule has 1 aliphatic rings. The van der Waals surface area contributed by atoms with Crippen molar-refractivity contribution in [2.24, 2.45) is 11.7 Å². The fraction of sp³-hybridized carbons (Fsp3) is 0.367. The van der Waals surface area contributed by atoms with Crippen molar-refractivity contribution in [3.63, 3.8) is 0 Å². The van der Waals surface area contributed by atoms with Crippen LogP contribution in [0.15, 0.2) is 48.5 Å². The fourth-order valence-corrected chi connectivity index (χ4v) is 5.21. The molecule has 2 aromatic carbocycles. The summed E-state index contributed by atoms with van der Waals surface area (Å²) in [7, 11) is 0. The molecule has 5 amide bonds. The number of para-hydroxylation sites is 1. The number of nitrogens with two attached hydrogens (primary N) is 1. The molecule has 222 valence electrons. The molecule has 1 aromatic heterocycles. The van der Waals surface area contributed by atoms with Gasteiger partial charge in [0.25, 0.3) is 0 Å². The highest BCUT2D eigenvalue weighted by atomic mass is 16.4. The number of aromatic amines is 1. The number of rotatable bonds is 10. The number of H-pyrrole nitrogens is 1. The van der Waals surface area contributed by atoms with E-state index in [9.17, 15) is 24.0 Å². The van der Waals surface area contributed by atoms with Gasteiger partial charge in [-0.3, -0.25) is 19.2 Å². The molecule has 0 saturated heterocycles. The lowest BCUT2D eigenvalue weighted by Crippen LogP contribution is -2.59. The first-order chi connectivity index (χ1) is 19.9. The number of carbonyl (C=O) groups is 5. The Morgan fingerprint density at radius 1 is 1.05 bits per heavy atom. The number of aromatic nitrogens is 1. The molecule has 12 nitrogen and oxygen atoms in total. The summed E-state index contributed by atoms with van der Waals surface area (Å²) in [6, 6.07) is 11.0. The molecule has 12 heteroatoms. The first-order valence-electron chi connectivity index (χ1n) is 13.8. The van der Waals surface area contributed by atoms with Crippen molar-refractivity contribution < 1.29 is 29.1 Å².